The van der Waals surface area contributed by atoms with Gasteiger partial charge in [0, 0.05) is 205 Å². The monoisotopic (exact) mass is 1650 g/mol. The minimum atomic E-state index is -0.0213. The number of hydrogen-bond acceptors (Lipinski definition) is 21. The zero-order valence-corrected chi connectivity index (χ0v) is 71.7. The molecule has 0 bridgehead atoms. The van der Waals surface area contributed by atoms with Crippen LogP contribution in [0.1, 0.15) is 194 Å². The number of hydrogen-bond donors (Lipinski definition) is 8. The molecular weight excluding hydrogens is 1520 g/mol. The van der Waals surface area contributed by atoms with E-state index in [2.05, 4.69) is 157 Å². The number of aliphatic hydroxyl groups excluding tert-OH is 4. The molecule has 5 fully saturated rings. The smallest absolute Gasteiger partial charge is 0.250 e. The van der Waals surface area contributed by atoms with Crippen molar-refractivity contribution in [1.29, 1.82) is 0 Å². The first-order valence-electron chi connectivity index (χ1n) is 44.1. The normalized spacial score (nSPS) is 19.9. The molecule has 0 radical (unpaired) electrons. The Bertz CT molecular complexity index is 5350. The van der Waals surface area contributed by atoms with E-state index in [1.165, 1.54) is 86.5 Å². The minimum absolute atomic E-state index is 0. The number of aliphatic hydroxyl groups is 4. The Balaban J connectivity index is 0.000000139. The molecule has 17 rings (SSSR count). The van der Waals surface area contributed by atoms with Crippen molar-refractivity contribution in [1.82, 2.24) is 72.8 Å². The van der Waals surface area contributed by atoms with Crippen LogP contribution < -0.4 is 41.2 Å². The average Bonchev–Trinajstić information content (AvgIpc) is 1.64. The third-order valence-electron chi connectivity index (χ3n) is 25.4. The van der Waals surface area contributed by atoms with Crippen LogP contribution in [-0.2, 0) is 59.3 Å². The van der Waals surface area contributed by atoms with Gasteiger partial charge in [-0.25, -0.2) is 24.5 Å². The van der Waals surface area contributed by atoms with Gasteiger partial charge in [0.2, 0.25) is 5.56 Å². The highest BCUT2D eigenvalue weighted by molar-refractivity contribution is 5.64. The topological polar surface area (TPSA) is 289 Å². The highest BCUT2D eigenvalue weighted by Crippen LogP contribution is 2.43. The second-order valence-corrected chi connectivity index (χ2v) is 33.8. The molecule has 7 aliphatic rings. The summed E-state index contributed by atoms with van der Waals surface area (Å²) in [7, 11) is 7.80. The summed E-state index contributed by atoms with van der Waals surface area (Å²) in [6, 6.07) is 16.7. The number of aryl methyl sites for hydroxylation is 5. The quantitative estimate of drug-likeness (QED) is 0.0211. The zero-order chi connectivity index (χ0) is 83.8. The number of allylic oxidation sites excluding steroid dienone is 2. The van der Waals surface area contributed by atoms with Gasteiger partial charge in [-0.15, -0.1) is 0 Å². The number of nitrogens with one attached hydrogen (secondary N) is 4. The maximum Gasteiger partial charge on any atom is 0.250 e. The molecule has 10 aromatic heterocycles. The van der Waals surface area contributed by atoms with Gasteiger partial charge in [-0.05, 0) is 199 Å². The number of piperidine rings is 2. The number of likely N-dealkylation sites (N-methyl/N-ethyl adjacent to an activating group) is 2. The van der Waals surface area contributed by atoms with Crippen LogP contribution in [0.2, 0.25) is 0 Å². The predicted octanol–water partition coefficient (Wildman–Crippen LogP) is 13.7. The second-order valence-electron chi connectivity index (χ2n) is 33.8. The SMILES string of the molecule is C.C=C1C=C(CNc2cc(C[C@H]3CCCC[C@H]3CO)nc3c(CC)cnn23)C=CN1C.C=C1C=C(CNc2cc(N3CCCC[C@H]3CCO)nc3c(CC)cnn23)C=CN1C.CCc1cnn2c(NCc3ccc(=O)n(C)c3)cc(N3CCCC[C@H]3CCO)nc12.C[n+]1cccc(CNc2cc(C[C@H]3CCCC[C@H]3CO)nc3c(C4CC4)cnn23)c1. The highest BCUT2D eigenvalue weighted by atomic mass is 16.3. The third-order valence-corrected chi connectivity index (χ3v) is 25.4. The van der Waals surface area contributed by atoms with Crippen molar-refractivity contribution in [3.8, 4) is 0 Å². The van der Waals surface area contributed by atoms with Gasteiger partial charge < -0.3 is 65.9 Å². The molecule has 0 spiro atoms. The second kappa shape index (κ2) is 41.7. The van der Waals surface area contributed by atoms with Crippen LogP contribution in [0, 0.1) is 23.7 Å². The Kier molecular flexibility index (Phi) is 30.3. The van der Waals surface area contributed by atoms with E-state index in [1.807, 2.05) is 105 Å². The van der Waals surface area contributed by atoms with E-state index >= 15 is 0 Å². The van der Waals surface area contributed by atoms with E-state index in [-0.39, 0.29) is 32.8 Å². The van der Waals surface area contributed by atoms with Crippen molar-refractivity contribution < 1.29 is 25.0 Å². The molecule has 0 aromatic carbocycles. The van der Waals surface area contributed by atoms with Gasteiger partial charge in [-0.1, -0.05) is 73.1 Å². The maximum absolute atomic E-state index is 11.7. The summed E-state index contributed by atoms with van der Waals surface area (Å²) in [5.41, 5.74) is 17.2. The first-order valence-corrected chi connectivity index (χ1v) is 44.1. The molecule has 3 aliphatic carbocycles. The van der Waals surface area contributed by atoms with Crippen molar-refractivity contribution in [3.63, 3.8) is 0 Å². The van der Waals surface area contributed by atoms with Crippen LogP contribution >= 0.6 is 0 Å². The molecule has 3 saturated carbocycles. The molecular formula is C94H131N22O5+. The fourth-order valence-corrected chi connectivity index (χ4v) is 18.0. The van der Waals surface area contributed by atoms with Crippen LogP contribution in [-0.4, -0.2) is 172 Å². The largest absolute Gasteiger partial charge is 0.396 e. The van der Waals surface area contributed by atoms with E-state index in [0.717, 1.165) is 206 Å². The number of nitrogens with zero attached hydrogens (tertiary/aromatic N) is 18. The molecule has 10 aromatic rings. The molecule has 121 heavy (non-hydrogen) atoms. The Morgan fingerprint density at radius 2 is 0.926 bits per heavy atom. The molecule has 646 valence electrons. The summed E-state index contributed by atoms with van der Waals surface area (Å²) in [6.45, 7) is 20.1. The molecule has 27 heteroatoms. The number of pyridine rings is 2. The Hall–Kier alpha value is -10.7. The van der Waals surface area contributed by atoms with Crippen molar-refractivity contribution in [2.45, 2.75) is 207 Å². The molecule has 8 N–H and O–H groups in total. The molecule has 6 atom stereocenters. The predicted molar refractivity (Wildman–Crippen MR) is 484 cm³/mol. The van der Waals surface area contributed by atoms with Crippen molar-refractivity contribution in [2.75, 3.05) is 97.8 Å². The van der Waals surface area contributed by atoms with Crippen LogP contribution in [0.15, 0.2) is 169 Å². The highest BCUT2D eigenvalue weighted by Gasteiger charge is 2.33. The van der Waals surface area contributed by atoms with Crippen LogP contribution in [0.5, 0.6) is 0 Å². The first kappa shape index (κ1) is 88.1. The lowest BCUT2D eigenvalue weighted by molar-refractivity contribution is -0.671. The summed E-state index contributed by atoms with van der Waals surface area (Å²) < 4.78 is 11.3. The summed E-state index contributed by atoms with van der Waals surface area (Å²) in [6.07, 6.45) is 51.2. The lowest BCUT2D eigenvalue weighted by Crippen LogP contribution is -2.40. The van der Waals surface area contributed by atoms with Gasteiger partial charge in [-0.3, -0.25) is 4.79 Å². The summed E-state index contributed by atoms with van der Waals surface area (Å²) in [5.74, 6) is 8.11. The van der Waals surface area contributed by atoms with Crippen LogP contribution in [0.25, 0.3) is 22.6 Å². The number of fused-ring (bicyclic) bond motifs is 4. The minimum Gasteiger partial charge on any atom is -0.396 e. The number of aromatic nitrogens is 14. The average molecular weight is 1650 g/mol. The fraction of sp³-hybridized carbons (Fsp3) is 0.511. The van der Waals surface area contributed by atoms with E-state index in [0.29, 0.717) is 67.9 Å². The third kappa shape index (κ3) is 21.6. The van der Waals surface area contributed by atoms with Gasteiger partial charge in [0.15, 0.2) is 35.0 Å². The molecule has 2 saturated heterocycles. The van der Waals surface area contributed by atoms with Crippen LogP contribution in [0.4, 0.5) is 34.9 Å². The van der Waals surface area contributed by atoms with Crippen molar-refractivity contribution in [3.05, 3.63) is 219 Å². The lowest BCUT2D eigenvalue weighted by Gasteiger charge is -2.36. The standard InChI is InChI=1S/C24H32N5O.C24H33N5O.C23H32N6O.C22H30N6O2.CH4/c1-28-10-4-5-17(15-28)13-25-23-12-21(11-19-6-2-3-7-20(19)16-30)27-24-22(18-8-9-18)14-26-29(23)24;1-4-19-15-26-29-23(25-14-18-9-10-28(3)17(2)11-18)13-22(27-24(19)29)12-20-7-5-6-8-21(20)16-30;1-4-19-16-25-29-21(24-15-18-8-11-27(3)17(2)13-18)14-22(26-23(19)29)28-10-6-5-7-20(28)9-12-30;1-3-17-14-24-28-19(23-13-16-7-8-21(30)26(2)15-16)12-20(25-22(17)28)27-10-5-4-6-18(27)9-11-29;/h4-5,10,12,14-15,18-20,25,30H,2-3,6-9,11,13,16H2,1H3;9-11,13,15,20-21,25,30H,2,4-8,12,14,16H2,1,3H3;8,11,13-14,16,20,24,30H,2,4-7,9-10,12,15H2,1,3H3;7-8,12,14-15,18,23,29H,3-6,9-11,13H2,1-2H3;1H4/q+1;;;;/t19-,20+;20-,21+;20-;18-;/m1100./s1. The van der Waals surface area contributed by atoms with Gasteiger partial charge in [0.05, 0.1) is 24.8 Å². The molecule has 0 amide bonds. The Morgan fingerprint density at radius 3 is 1.37 bits per heavy atom. The zero-order valence-electron chi connectivity index (χ0n) is 71.7. The Morgan fingerprint density at radius 1 is 0.496 bits per heavy atom. The van der Waals surface area contributed by atoms with Crippen LogP contribution in [0.3, 0.4) is 0 Å². The molecule has 0 unspecified atom stereocenters. The molecule has 4 aliphatic heterocycles. The van der Waals surface area contributed by atoms with Gasteiger partial charge in [-0.2, -0.15) is 38.5 Å². The van der Waals surface area contributed by atoms with E-state index in [4.69, 9.17) is 19.9 Å². The van der Waals surface area contributed by atoms with Gasteiger partial charge in [0.1, 0.15) is 42.0 Å². The Labute approximate surface area is 713 Å². The van der Waals surface area contributed by atoms with Gasteiger partial charge in [0.25, 0.3) is 0 Å². The number of anilines is 6. The maximum atomic E-state index is 11.7. The lowest BCUT2D eigenvalue weighted by atomic mass is 9.77. The summed E-state index contributed by atoms with van der Waals surface area (Å²) in [5, 5.41) is 71.3. The fourth-order valence-electron chi connectivity index (χ4n) is 18.0. The van der Waals surface area contributed by atoms with E-state index < -0.39 is 0 Å². The molecule has 27 nitrogen and oxygen atoms in total. The van der Waals surface area contributed by atoms with Crippen molar-refractivity contribution in [2.24, 2.45) is 37.8 Å². The first-order chi connectivity index (χ1) is 58.5. The van der Waals surface area contributed by atoms with E-state index in [9.17, 15) is 25.2 Å². The van der Waals surface area contributed by atoms with Gasteiger partial charge >= 0.3 is 0 Å². The summed E-state index contributed by atoms with van der Waals surface area (Å²) in [4.78, 5) is 40.4. The molecule has 14 heterocycles. The summed E-state index contributed by atoms with van der Waals surface area (Å²) >= 11 is 0. The number of rotatable bonds is 28. The van der Waals surface area contributed by atoms with Crippen molar-refractivity contribution >= 4 is 57.5 Å². The van der Waals surface area contributed by atoms with E-state index in [1.54, 1.807) is 17.7 Å².